The van der Waals surface area contributed by atoms with Gasteiger partial charge in [0.2, 0.25) is 5.91 Å². The topological polar surface area (TPSA) is 59.8 Å². The molecule has 128 valence electrons. The predicted molar refractivity (Wildman–Crippen MR) is 100 cm³/mol. The fourth-order valence-corrected chi connectivity index (χ4v) is 3.09. The molecule has 0 fully saturated rings. The molecule has 24 heavy (non-hydrogen) atoms. The summed E-state index contributed by atoms with van der Waals surface area (Å²) in [7, 11) is 0. The zero-order chi connectivity index (χ0) is 17.7. The molecule has 0 saturated heterocycles. The third-order valence-corrected chi connectivity index (χ3v) is 4.82. The fraction of sp³-hybridized carbons (Fsp3) is 0.312. The number of hydrogen-bond acceptors (Lipinski definition) is 4. The number of halogens is 2. The Bertz CT molecular complexity index is 746. The Morgan fingerprint density at radius 2 is 2.12 bits per heavy atom. The highest BCUT2D eigenvalue weighted by molar-refractivity contribution is 7.99. The highest BCUT2D eigenvalue weighted by Gasteiger charge is 2.15. The number of rotatable bonds is 7. The first kappa shape index (κ1) is 18.8. The number of amides is 1. The van der Waals surface area contributed by atoms with Crippen molar-refractivity contribution < 1.29 is 4.79 Å². The van der Waals surface area contributed by atoms with Crippen LogP contribution in [0.15, 0.2) is 36.0 Å². The number of carbonyl (C=O) groups excluding carboxylic acids is 1. The van der Waals surface area contributed by atoms with Crippen molar-refractivity contribution in [3.63, 3.8) is 0 Å². The predicted octanol–water partition coefficient (Wildman–Crippen LogP) is 4.63. The molecule has 0 aliphatic heterocycles. The van der Waals surface area contributed by atoms with Gasteiger partial charge in [0, 0.05) is 18.2 Å². The minimum absolute atomic E-state index is 0.155. The van der Waals surface area contributed by atoms with Crippen LogP contribution in [0.5, 0.6) is 0 Å². The second-order valence-electron chi connectivity index (χ2n) is 5.36. The first-order chi connectivity index (χ1) is 11.4. The summed E-state index contributed by atoms with van der Waals surface area (Å²) >= 11 is 13.1. The molecule has 1 aromatic heterocycles. The molecule has 2 aromatic rings. The summed E-state index contributed by atoms with van der Waals surface area (Å²) in [5, 5.41) is 12.7. The molecule has 0 atom stereocenters. The lowest BCUT2D eigenvalue weighted by atomic mass is 10.2. The van der Waals surface area contributed by atoms with Crippen molar-refractivity contribution in [1.82, 2.24) is 14.8 Å². The molecule has 1 amide bonds. The van der Waals surface area contributed by atoms with Gasteiger partial charge in [0.25, 0.3) is 0 Å². The van der Waals surface area contributed by atoms with E-state index in [1.165, 1.54) is 11.8 Å². The first-order valence-electron chi connectivity index (χ1n) is 7.34. The quantitative estimate of drug-likeness (QED) is 0.558. The maximum absolute atomic E-state index is 12.1. The van der Waals surface area contributed by atoms with E-state index in [9.17, 15) is 4.79 Å². The Labute approximate surface area is 155 Å². The van der Waals surface area contributed by atoms with E-state index in [2.05, 4.69) is 35.9 Å². The van der Waals surface area contributed by atoms with Gasteiger partial charge < -0.3 is 9.88 Å². The summed E-state index contributed by atoms with van der Waals surface area (Å²) in [6.07, 6.45) is 1.79. The van der Waals surface area contributed by atoms with Gasteiger partial charge in [-0.1, -0.05) is 54.9 Å². The second kappa shape index (κ2) is 8.55. The molecule has 8 heteroatoms. The summed E-state index contributed by atoms with van der Waals surface area (Å²) in [4.78, 5) is 12.1. The van der Waals surface area contributed by atoms with Crippen LogP contribution in [-0.2, 0) is 11.3 Å². The van der Waals surface area contributed by atoms with E-state index in [1.807, 2.05) is 4.57 Å². The van der Waals surface area contributed by atoms with E-state index < -0.39 is 0 Å². The largest absolute Gasteiger partial charge is 0.325 e. The first-order valence-corrected chi connectivity index (χ1v) is 9.08. The number of allylic oxidation sites excluding steroid dienone is 1. The fourth-order valence-electron chi connectivity index (χ4n) is 2.04. The van der Waals surface area contributed by atoms with Crippen molar-refractivity contribution in [2.24, 2.45) is 0 Å². The number of benzene rings is 1. The number of hydrogen-bond donors (Lipinski definition) is 1. The number of anilines is 1. The molecule has 5 nitrogen and oxygen atoms in total. The van der Waals surface area contributed by atoms with E-state index in [0.29, 0.717) is 27.4 Å². The van der Waals surface area contributed by atoms with Crippen LogP contribution in [0.1, 0.15) is 25.6 Å². The van der Waals surface area contributed by atoms with E-state index in [-0.39, 0.29) is 17.6 Å². The van der Waals surface area contributed by atoms with Gasteiger partial charge in [-0.2, -0.15) is 0 Å². The van der Waals surface area contributed by atoms with Gasteiger partial charge >= 0.3 is 0 Å². The average Bonchev–Trinajstić information content (AvgIpc) is 2.92. The van der Waals surface area contributed by atoms with E-state index in [4.69, 9.17) is 23.2 Å². The monoisotopic (exact) mass is 384 g/mol. The molecular weight excluding hydrogens is 367 g/mol. The van der Waals surface area contributed by atoms with Crippen molar-refractivity contribution in [3.8, 4) is 0 Å². The Morgan fingerprint density at radius 3 is 2.75 bits per heavy atom. The number of thioether (sulfide) groups is 1. The third kappa shape index (κ3) is 4.75. The molecule has 0 aliphatic rings. The average molecular weight is 385 g/mol. The summed E-state index contributed by atoms with van der Waals surface area (Å²) in [6.45, 7) is 8.46. The Hall–Kier alpha value is -1.50. The Kier molecular flexibility index (Phi) is 6.71. The third-order valence-electron chi connectivity index (χ3n) is 3.11. The number of nitrogens with zero attached hydrogens (tertiary/aromatic N) is 3. The van der Waals surface area contributed by atoms with Crippen molar-refractivity contribution in [1.29, 1.82) is 0 Å². The van der Waals surface area contributed by atoms with Crippen molar-refractivity contribution in [2.75, 3.05) is 11.1 Å². The SMILES string of the molecule is C=CCn1c(SCC(=O)Nc2ccc(Cl)c(Cl)c2)nnc1C(C)C. The molecule has 0 spiro atoms. The summed E-state index contributed by atoms with van der Waals surface area (Å²) in [5.41, 5.74) is 0.602. The maximum atomic E-state index is 12.1. The van der Waals surface area contributed by atoms with Crippen molar-refractivity contribution >= 4 is 46.6 Å². The lowest BCUT2D eigenvalue weighted by Gasteiger charge is -2.10. The zero-order valence-electron chi connectivity index (χ0n) is 13.4. The van der Waals surface area contributed by atoms with Crippen LogP contribution in [0.3, 0.4) is 0 Å². The highest BCUT2D eigenvalue weighted by Crippen LogP contribution is 2.26. The van der Waals surface area contributed by atoms with Crippen LogP contribution in [0.4, 0.5) is 5.69 Å². The van der Waals surface area contributed by atoms with Crippen LogP contribution in [0.2, 0.25) is 10.0 Å². The molecule has 0 unspecified atom stereocenters. The van der Waals surface area contributed by atoms with Crippen LogP contribution in [0.25, 0.3) is 0 Å². The normalized spacial score (nSPS) is 10.9. The van der Waals surface area contributed by atoms with E-state index in [0.717, 1.165) is 5.82 Å². The number of aromatic nitrogens is 3. The smallest absolute Gasteiger partial charge is 0.234 e. The zero-order valence-corrected chi connectivity index (χ0v) is 15.8. The molecule has 1 heterocycles. The van der Waals surface area contributed by atoms with Crippen LogP contribution >= 0.6 is 35.0 Å². The van der Waals surface area contributed by atoms with Crippen LogP contribution < -0.4 is 5.32 Å². The summed E-state index contributed by atoms with van der Waals surface area (Å²) in [6, 6.07) is 4.96. The van der Waals surface area contributed by atoms with E-state index >= 15 is 0 Å². The molecule has 0 radical (unpaired) electrons. The second-order valence-corrected chi connectivity index (χ2v) is 7.12. The molecule has 0 aliphatic carbocycles. The van der Waals surface area contributed by atoms with Crippen LogP contribution in [-0.4, -0.2) is 26.4 Å². The van der Waals surface area contributed by atoms with Crippen LogP contribution in [0, 0.1) is 0 Å². The Morgan fingerprint density at radius 1 is 1.38 bits per heavy atom. The van der Waals surface area contributed by atoms with Crippen molar-refractivity contribution in [2.45, 2.75) is 31.5 Å². The van der Waals surface area contributed by atoms with Crippen molar-refractivity contribution in [3.05, 3.63) is 46.7 Å². The highest BCUT2D eigenvalue weighted by atomic mass is 35.5. The molecule has 1 N–H and O–H groups in total. The lowest BCUT2D eigenvalue weighted by Crippen LogP contribution is -2.15. The van der Waals surface area contributed by atoms with Gasteiger partial charge in [-0.05, 0) is 18.2 Å². The molecule has 0 saturated carbocycles. The lowest BCUT2D eigenvalue weighted by molar-refractivity contribution is -0.113. The van der Waals surface area contributed by atoms with Gasteiger partial charge in [0.1, 0.15) is 5.82 Å². The maximum Gasteiger partial charge on any atom is 0.234 e. The van der Waals surface area contributed by atoms with Gasteiger partial charge in [-0.25, -0.2) is 0 Å². The number of carbonyl (C=O) groups is 1. The van der Waals surface area contributed by atoms with Gasteiger partial charge in [0.05, 0.1) is 15.8 Å². The molecule has 0 bridgehead atoms. The van der Waals surface area contributed by atoms with Gasteiger partial charge in [0.15, 0.2) is 5.16 Å². The molecule has 2 rings (SSSR count). The molecule has 1 aromatic carbocycles. The van der Waals surface area contributed by atoms with E-state index in [1.54, 1.807) is 24.3 Å². The standard InChI is InChI=1S/C16H18Cl2N4OS/c1-4-7-22-15(10(2)3)20-21-16(22)24-9-14(23)19-11-5-6-12(17)13(18)8-11/h4-6,8,10H,1,7,9H2,2-3H3,(H,19,23). The number of nitrogens with one attached hydrogen (secondary N) is 1. The Balaban J connectivity index is 2.01. The molecular formula is C16H18Cl2N4OS. The summed E-state index contributed by atoms with van der Waals surface area (Å²) < 4.78 is 1.97. The van der Waals surface area contributed by atoms with Gasteiger partial charge in [-0.3, -0.25) is 4.79 Å². The van der Waals surface area contributed by atoms with Gasteiger partial charge in [-0.15, -0.1) is 16.8 Å². The minimum Gasteiger partial charge on any atom is -0.325 e. The summed E-state index contributed by atoms with van der Waals surface area (Å²) in [5.74, 6) is 1.19. The minimum atomic E-state index is -0.155.